The molecule has 0 aromatic heterocycles. The van der Waals surface area contributed by atoms with Gasteiger partial charge in [-0.15, -0.1) is 0 Å². The molecule has 0 unspecified atom stereocenters. The van der Waals surface area contributed by atoms with Gasteiger partial charge in [0.1, 0.15) is 6.10 Å². The first-order valence-corrected chi connectivity index (χ1v) is 11.4. The van der Waals surface area contributed by atoms with Crippen LogP contribution in [0.3, 0.4) is 0 Å². The van der Waals surface area contributed by atoms with Gasteiger partial charge in [-0.25, -0.2) is 4.79 Å². The van der Waals surface area contributed by atoms with Crippen molar-refractivity contribution in [1.82, 2.24) is 0 Å². The number of phenolic OH excluding ortho intramolecular Hbond substituents is 4. The standard InChI is InChI=1S/C27H28O10/c1-27(26(35)36)13-23(33)18(12-17(28)6-2-15-3-7-19(29)21(31)10-15)24(14-27)37-25(34)9-5-16-4-8-20(30)22(32)11-16/h2-11,18,23-24,29-33H,12-14H2,1H3,(H,35,36)/b6-2+,9-5+/t18-,23+,24+,27-/m0/s1. The van der Waals surface area contributed by atoms with E-state index in [1.54, 1.807) is 0 Å². The second-order valence-corrected chi connectivity index (χ2v) is 9.31. The summed E-state index contributed by atoms with van der Waals surface area (Å²) in [6, 6.07) is 7.93. The number of esters is 1. The predicted molar refractivity (Wildman–Crippen MR) is 132 cm³/mol. The third-order valence-electron chi connectivity index (χ3n) is 6.38. The number of phenols is 4. The molecule has 196 valence electrons. The number of carboxylic acids is 1. The number of aliphatic hydroxyl groups is 1. The quantitative estimate of drug-likeness (QED) is 0.175. The molecule has 0 saturated heterocycles. The molecule has 37 heavy (non-hydrogen) atoms. The summed E-state index contributed by atoms with van der Waals surface area (Å²) in [5.41, 5.74) is -0.543. The van der Waals surface area contributed by atoms with Gasteiger partial charge in [0.05, 0.1) is 11.5 Å². The van der Waals surface area contributed by atoms with Gasteiger partial charge in [-0.05, 0) is 60.9 Å². The van der Waals surface area contributed by atoms with E-state index >= 15 is 0 Å². The first kappa shape index (κ1) is 27.3. The first-order valence-electron chi connectivity index (χ1n) is 11.4. The van der Waals surface area contributed by atoms with Crippen LogP contribution in [-0.2, 0) is 19.1 Å². The Labute approximate surface area is 212 Å². The summed E-state index contributed by atoms with van der Waals surface area (Å²) in [7, 11) is 0. The summed E-state index contributed by atoms with van der Waals surface area (Å²) in [6.07, 6.45) is 2.22. The number of hydrogen-bond donors (Lipinski definition) is 6. The number of carboxylic acid groups (broad SMARTS) is 1. The summed E-state index contributed by atoms with van der Waals surface area (Å²) in [5.74, 6) is -4.67. The van der Waals surface area contributed by atoms with E-state index in [0.717, 1.165) is 6.08 Å². The molecule has 10 nitrogen and oxygen atoms in total. The number of carbonyl (C=O) groups is 3. The molecular formula is C27H28O10. The summed E-state index contributed by atoms with van der Waals surface area (Å²) < 4.78 is 5.49. The van der Waals surface area contributed by atoms with Crippen LogP contribution in [-0.4, -0.2) is 60.6 Å². The largest absolute Gasteiger partial charge is 0.504 e. The number of hydrogen-bond acceptors (Lipinski definition) is 9. The molecule has 1 aliphatic rings. The van der Waals surface area contributed by atoms with E-state index in [1.165, 1.54) is 61.5 Å². The fourth-order valence-electron chi connectivity index (χ4n) is 4.24. The lowest BCUT2D eigenvalue weighted by atomic mass is 9.67. The average molecular weight is 513 g/mol. The highest BCUT2D eigenvalue weighted by Crippen LogP contribution is 2.42. The number of ether oxygens (including phenoxy) is 1. The van der Waals surface area contributed by atoms with Gasteiger partial charge in [-0.2, -0.15) is 0 Å². The molecule has 0 spiro atoms. The van der Waals surface area contributed by atoms with Crippen LogP contribution in [0.2, 0.25) is 0 Å². The predicted octanol–water partition coefficient (Wildman–Crippen LogP) is 2.97. The fourth-order valence-corrected chi connectivity index (χ4v) is 4.24. The number of benzene rings is 2. The van der Waals surface area contributed by atoms with Crippen molar-refractivity contribution >= 4 is 29.9 Å². The van der Waals surface area contributed by atoms with Crippen molar-refractivity contribution in [3.8, 4) is 23.0 Å². The van der Waals surface area contributed by atoms with E-state index in [4.69, 9.17) is 4.74 Å². The Morgan fingerprint density at radius 1 is 0.892 bits per heavy atom. The van der Waals surface area contributed by atoms with Crippen molar-refractivity contribution in [1.29, 1.82) is 0 Å². The van der Waals surface area contributed by atoms with E-state index < -0.39 is 41.3 Å². The number of aliphatic hydroxyl groups excluding tert-OH is 1. The smallest absolute Gasteiger partial charge is 0.331 e. The van der Waals surface area contributed by atoms with Crippen molar-refractivity contribution in [3.63, 3.8) is 0 Å². The molecule has 0 aliphatic heterocycles. The fraction of sp³-hybridized carbons (Fsp3) is 0.296. The summed E-state index contributed by atoms with van der Waals surface area (Å²) in [4.78, 5) is 37.0. The molecule has 4 atom stereocenters. The van der Waals surface area contributed by atoms with Gasteiger partial charge in [0.2, 0.25) is 0 Å². The molecular weight excluding hydrogens is 484 g/mol. The Morgan fingerprint density at radius 3 is 1.95 bits per heavy atom. The number of ketones is 1. The Morgan fingerprint density at radius 2 is 1.43 bits per heavy atom. The van der Waals surface area contributed by atoms with Crippen molar-refractivity contribution in [2.24, 2.45) is 11.3 Å². The number of allylic oxidation sites excluding steroid dienone is 1. The summed E-state index contributed by atoms with van der Waals surface area (Å²) in [5, 5.41) is 58.4. The average Bonchev–Trinajstić information content (AvgIpc) is 2.82. The van der Waals surface area contributed by atoms with Gasteiger partial charge < -0.3 is 35.4 Å². The van der Waals surface area contributed by atoms with E-state index in [-0.39, 0.29) is 42.3 Å². The van der Waals surface area contributed by atoms with Gasteiger partial charge in [0, 0.05) is 24.8 Å². The molecule has 0 bridgehead atoms. The maximum atomic E-state index is 12.7. The minimum absolute atomic E-state index is 0.119. The highest BCUT2D eigenvalue weighted by Gasteiger charge is 2.49. The van der Waals surface area contributed by atoms with Crippen LogP contribution in [0.25, 0.3) is 12.2 Å². The second-order valence-electron chi connectivity index (χ2n) is 9.31. The maximum absolute atomic E-state index is 12.7. The van der Waals surface area contributed by atoms with Crippen LogP contribution in [0.4, 0.5) is 0 Å². The van der Waals surface area contributed by atoms with Crippen molar-refractivity contribution in [2.45, 2.75) is 38.4 Å². The zero-order chi connectivity index (χ0) is 27.3. The Hall–Kier alpha value is -4.31. The normalized spacial score (nSPS) is 23.8. The lowest BCUT2D eigenvalue weighted by molar-refractivity contribution is -0.171. The monoisotopic (exact) mass is 512 g/mol. The second kappa shape index (κ2) is 11.2. The van der Waals surface area contributed by atoms with Crippen molar-refractivity contribution < 1.29 is 49.8 Å². The minimum atomic E-state index is -1.38. The number of aromatic hydroxyl groups is 4. The van der Waals surface area contributed by atoms with Crippen molar-refractivity contribution in [2.75, 3.05) is 0 Å². The van der Waals surface area contributed by atoms with Crippen molar-refractivity contribution in [3.05, 3.63) is 59.7 Å². The Bertz CT molecular complexity index is 1250. The third kappa shape index (κ3) is 6.89. The SMILES string of the molecule is C[C@]1(C(=O)O)C[C@@H](O)[C@H](CC(=O)/C=C/c2ccc(O)c(O)c2)[C@H](OC(=O)/C=C/c2ccc(O)c(O)c2)C1. The molecule has 1 saturated carbocycles. The lowest BCUT2D eigenvalue weighted by Crippen LogP contribution is -2.49. The molecule has 2 aromatic rings. The number of rotatable bonds is 8. The molecule has 2 aromatic carbocycles. The molecule has 1 aliphatic carbocycles. The minimum Gasteiger partial charge on any atom is -0.504 e. The van der Waals surface area contributed by atoms with E-state index in [2.05, 4.69) is 0 Å². The lowest BCUT2D eigenvalue weighted by Gasteiger charge is -2.42. The van der Waals surface area contributed by atoms with Crippen LogP contribution in [0.5, 0.6) is 23.0 Å². The van der Waals surface area contributed by atoms with Crippen LogP contribution >= 0.6 is 0 Å². The molecule has 0 heterocycles. The molecule has 3 rings (SSSR count). The van der Waals surface area contributed by atoms with Crippen LogP contribution in [0.1, 0.15) is 37.3 Å². The molecule has 0 amide bonds. The highest BCUT2D eigenvalue weighted by molar-refractivity contribution is 5.94. The summed E-state index contributed by atoms with van der Waals surface area (Å²) >= 11 is 0. The van der Waals surface area contributed by atoms with E-state index in [1.807, 2.05) is 0 Å². The number of carbonyl (C=O) groups excluding carboxylic acids is 2. The number of aliphatic carboxylic acids is 1. The Balaban J connectivity index is 1.75. The van der Waals surface area contributed by atoms with E-state index in [0.29, 0.717) is 11.1 Å². The van der Waals surface area contributed by atoms with Gasteiger partial charge >= 0.3 is 11.9 Å². The topological polar surface area (TPSA) is 182 Å². The zero-order valence-electron chi connectivity index (χ0n) is 19.9. The first-order chi connectivity index (χ1) is 17.4. The molecule has 6 N–H and O–H groups in total. The van der Waals surface area contributed by atoms with Crippen LogP contribution < -0.4 is 0 Å². The zero-order valence-corrected chi connectivity index (χ0v) is 19.9. The summed E-state index contributed by atoms with van der Waals surface area (Å²) in [6.45, 7) is 1.43. The maximum Gasteiger partial charge on any atom is 0.331 e. The van der Waals surface area contributed by atoms with Crippen LogP contribution in [0, 0.1) is 11.3 Å². The molecule has 10 heteroatoms. The molecule has 0 radical (unpaired) electrons. The third-order valence-corrected chi connectivity index (χ3v) is 6.38. The van der Waals surface area contributed by atoms with Gasteiger partial charge in [-0.1, -0.05) is 18.2 Å². The van der Waals surface area contributed by atoms with Gasteiger partial charge in [0.25, 0.3) is 0 Å². The Kier molecular flexibility index (Phi) is 8.24. The van der Waals surface area contributed by atoms with Crippen LogP contribution in [0.15, 0.2) is 48.6 Å². The molecule has 1 fully saturated rings. The van der Waals surface area contributed by atoms with Gasteiger partial charge in [-0.3, -0.25) is 9.59 Å². The highest BCUT2D eigenvalue weighted by atomic mass is 16.5. The van der Waals surface area contributed by atoms with Gasteiger partial charge in [0.15, 0.2) is 28.8 Å². The van der Waals surface area contributed by atoms with E-state index in [9.17, 15) is 45.0 Å².